The average molecular weight is 980 g/mol. The Bertz CT molecular complexity index is 1730. The molecule has 0 fully saturated rings. The van der Waals surface area contributed by atoms with Gasteiger partial charge in [0.25, 0.3) is 0 Å². The van der Waals surface area contributed by atoms with Crippen molar-refractivity contribution < 1.29 is 168 Å². The minimum atomic E-state index is -6.88. The van der Waals surface area contributed by atoms with Gasteiger partial charge in [0.15, 0.2) is 12.4 Å². The van der Waals surface area contributed by atoms with E-state index in [1.165, 1.54) is 0 Å². The van der Waals surface area contributed by atoms with E-state index in [9.17, 15) is 74.9 Å². The summed E-state index contributed by atoms with van der Waals surface area (Å²) >= 11 is 0. The minimum Gasteiger partial charge on any atom is -0.302 e. The van der Waals surface area contributed by atoms with E-state index in [1.54, 1.807) is 0 Å². The summed E-state index contributed by atoms with van der Waals surface area (Å²) in [5.41, 5.74) is 0. The Morgan fingerprint density at radius 2 is 0.654 bits per heavy atom. The molecule has 0 aliphatic heterocycles. The molecule has 312 valence electrons. The van der Waals surface area contributed by atoms with Gasteiger partial charge in [-0.05, 0) is 0 Å². The van der Waals surface area contributed by atoms with E-state index < -0.39 is 116 Å². The largest absolute Gasteiger partial charge is 0.481 e. The minimum absolute atomic E-state index is 1.10. The maximum atomic E-state index is 12.5. The smallest absolute Gasteiger partial charge is 0.302 e. The fourth-order valence-corrected chi connectivity index (χ4v) is 11.2. The van der Waals surface area contributed by atoms with Gasteiger partial charge in [0, 0.05) is 0 Å². The summed E-state index contributed by atoms with van der Waals surface area (Å²) in [6.07, 6.45) is -16.5. The van der Waals surface area contributed by atoms with Crippen LogP contribution in [0.3, 0.4) is 0 Å². The molecule has 0 aromatic heterocycles. The van der Waals surface area contributed by atoms with Crippen molar-refractivity contribution in [2.75, 3.05) is 6.61 Å². The SMILES string of the molecule is O=C[C@H](OP(=O)(O)OP(=O)(O)O)[C@@H](OP(=O)(O)OP(=O)(O)O)[C@H](OP(=O)(O)OP(=O)(O)O)[C@@H](COP(=O)(O)OP(=O)(O)O)OP(=O)(O)OP(=O)(O)O. The molecule has 0 aliphatic rings. The highest BCUT2D eigenvalue weighted by Crippen LogP contribution is 2.65. The Hall–Kier alpha value is 0.970. The predicted molar refractivity (Wildman–Crippen MR) is 146 cm³/mol. The molecule has 0 aliphatic carbocycles. The van der Waals surface area contributed by atoms with E-state index in [0.717, 1.165) is 0 Å². The summed E-state index contributed by atoms with van der Waals surface area (Å²) in [5.74, 6) is 0. The number of hydrogen-bond donors (Lipinski definition) is 15. The van der Waals surface area contributed by atoms with E-state index in [4.69, 9.17) is 48.9 Å². The Morgan fingerprint density at radius 1 is 0.385 bits per heavy atom. The van der Waals surface area contributed by atoms with Crippen LogP contribution in [0.25, 0.3) is 0 Å². The zero-order valence-electron chi connectivity index (χ0n) is 23.3. The summed E-state index contributed by atoms with van der Waals surface area (Å²) in [6, 6.07) is 0. The zero-order chi connectivity index (χ0) is 41.8. The molecule has 52 heavy (non-hydrogen) atoms. The van der Waals surface area contributed by atoms with Crippen LogP contribution in [-0.4, -0.2) is 111 Å². The van der Waals surface area contributed by atoms with Crippen LogP contribution in [0.5, 0.6) is 0 Å². The van der Waals surface area contributed by atoms with Gasteiger partial charge in [-0.15, -0.1) is 0 Å². The number of carbonyl (C=O) groups excluding carboxylic acids is 1. The highest BCUT2D eigenvalue weighted by Gasteiger charge is 2.53. The van der Waals surface area contributed by atoms with Crippen LogP contribution >= 0.6 is 78.2 Å². The van der Waals surface area contributed by atoms with Gasteiger partial charge in [0.05, 0.1) is 6.61 Å². The second kappa shape index (κ2) is 18.7. The number of aldehydes is 1. The molecule has 0 heterocycles. The number of rotatable bonds is 25. The van der Waals surface area contributed by atoms with Gasteiger partial charge in [-0.3, -0.25) is 22.6 Å². The monoisotopic (exact) mass is 980 g/mol. The lowest BCUT2D eigenvalue weighted by molar-refractivity contribution is -0.130. The number of carbonyl (C=O) groups is 1. The lowest BCUT2D eigenvalue weighted by Crippen LogP contribution is -2.50. The zero-order valence-corrected chi connectivity index (χ0v) is 32.3. The molecule has 46 heteroatoms. The molecule has 0 bridgehead atoms. The normalized spacial score (nSPS) is 22.0. The van der Waals surface area contributed by atoms with Crippen LogP contribution in [0.15, 0.2) is 0 Å². The lowest BCUT2D eigenvalue weighted by atomic mass is 10.0. The molecule has 0 saturated carbocycles. The highest BCUT2D eigenvalue weighted by atomic mass is 31.3. The first kappa shape index (κ1) is 53.0. The van der Waals surface area contributed by atoms with Crippen molar-refractivity contribution in [3.63, 3.8) is 0 Å². The summed E-state index contributed by atoms with van der Waals surface area (Å²) < 4.78 is 154. The standard InChI is InChI=1S/C6H22O36P10/c7-1-3(34-49(25,26)39-44(11,12)13)5(36-51(29,30)41-46(17,18)19)6(37-52(31,32)42-47(20,21)22)4(35-50(27,28)40-45(14,15)16)2-33-48(23,24)38-43(8,9)10/h1,3-6H,2H2,(H,23,24)(H,25,26)(H,27,28)(H,29,30)(H,31,32)(H2,8,9,10)(H2,11,12,13)(H2,14,15,16)(H2,17,18,19)(H2,20,21,22)/t3-,4+,5+,6+/m0/s1. The topological polar surface area (TPSA) is 584 Å². The summed E-state index contributed by atoms with van der Waals surface area (Å²) in [7, 11) is -64.9. The summed E-state index contributed by atoms with van der Waals surface area (Å²) in [6.45, 7) is -2.51. The molecule has 0 amide bonds. The van der Waals surface area contributed by atoms with Gasteiger partial charge >= 0.3 is 78.2 Å². The molecule has 9 atom stereocenters. The fraction of sp³-hybridized carbons (Fsp3) is 0.833. The van der Waals surface area contributed by atoms with E-state index in [0.29, 0.717) is 0 Å². The van der Waals surface area contributed by atoms with Gasteiger partial charge in [0.1, 0.15) is 18.3 Å². The van der Waals surface area contributed by atoms with Crippen molar-refractivity contribution in [2.24, 2.45) is 0 Å². The third-order valence-corrected chi connectivity index (χ3v) is 14.6. The van der Waals surface area contributed by atoms with Crippen molar-refractivity contribution in [1.29, 1.82) is 0 Å². The first-order valence-corrected chi connectivity index (χ1v) is 25.9. The lowest BCUT2D eigenvalue weighted by Gasteiger charge is -2.36. The van der Waals surface area contributed by atoms with Crippen LogP contribution in [0.2, 0.25) is 0 Å². The van der Waals surface area contributed by atoms with Gasteiger partial charge in [-0.2, -0.15) is 21.6 Å². The molecule has 0 rings (SSSR count). The molecule has 0 aromatic rings. The summed E-state index contributed by atoms with van der Waals surface area (Å²) in [4.78, 5) is 149. The molecule has 0 spiro atoms. The van der Waals surface area contributed by atoms with Crippen LogP contribution < -0.4 is 0 Å². The molecule has 0 radical (unpaired) electrons. The van der Waals surface area contributed by atoms with Crippen molar-refractivity contribution >= 4 is 84.5 Å². The molecule has 0 saturated heterocycles. The second-order valence-electron chi connectivity index (χ2n) is 7.99. The van der Waals surface area contributed by atoms with E-state index in [-0.39, 0.29) is 0 Å². The quantitative estimate of drug-likeness (QED) is 0.0341. The number of phosphoric ester groups is 5. The van der Waals surface area contributed by atoms with Crippen LogP contribution in [0.4, 0.5) is 0 Å². The predicted octanol–water partition coefficient (Wildman–Crippen LogP) is -2.21. The first-order chi connectivity index (χ1) is 22.5. The Labute approximate surface area is 283 Å². The third-order valence-electron chi connectivity index (χ3n) is 3.63. The van der Waals surface area contributed by atoms with Crippen molar-refractivity contribution in [3.05, 3.63) is 0 Å². The molecule has 15 N–H and O–H groups in total. The van der Waals surface area contributed by atoms with Crippen molar-refractivity contribution in [3.8, 4) is 0 Å². The van der Waals surface area contributed by atoms with E-state index >= 15 is 0 Å². The molecular weight excluding hydrogens is 958 g/mol. The van der Waals surface area contributed by atoms with Gasteiger partial charge < -0.3 is 78.2 Å². The number of hydrogen-bond acceptors (Lipinski definition) is 21. The maximum absolute atomic E-state index is 12.5. The Balaban J connectivity index is 8.04. The molecular formula is C6H22O36P10. The Kier molecular flexibility index (Phi) is 19.0. The highest BCUT2D eigenvalue weighted by molar-refractivity contribution is 7.62. The van der Waals surface area contributed by atoms with Crippen LogP contribution in [-0.2, 0) is 94.6 Å². The fourth-order valence-electron chi connectivity index (χ4n) is 2.57. The maximum Gasteiger partial charge on any atom is 0.481 e. The second-order valence-corrected chi connectivity index (χ2v) is 21.9. The van der Waals surface area contributed by atoms with Gasteiger partial charge in [0.2, 0.25) is 0 Å². The van der Waals surface area contributed by atoms with Crippen LogP contribution in [0, 0.1) is 0 Å². The molecule has 0 aromatic carbocycles. The van der Waals surface area contributed by atoms with E-state index in [1.807, 2.05) is 0 Å². The van der Waals surface area contributed by atoms with Crippen molar-refractivity contribution in [1.82, 2.24) is 0 Å². The third kappa shape index (κ3) is 25.3. The number of phosphoric acid groups is 10. The first-order valence-electron chi connectivity index (χ1n) is 10.8. The average Bonchev–Trinajstić information content (AvgIpc) is 2.74. The van der Waals surface area contributed by atoms with Gasteiger partial charge in [-0.1, -0.05) is 0 Å². The van der Waals surface area contributed by atoms with Gasteiger partial charge in [-0.25, -0.2) is 45.7 Å². The Morgan fingerprint density at radius 3 is 0.962 bits per heavy atom. The van der Waals surface area contributed by atoms with Crippen molar-refractivity contribution in [2.45, 2.75) is 24.4 Å². The molecule has 36 nitrogen and oxygen atoms in total. The van der Waals surface area contributed by atoms with E-state index in [2.05, 4.69) is 44.2 Å². The summed E-state index contributed by atoms with van der Waals surface area (Å²) in [5, 5.41) is 0. The molecule has 5 unspecified atom stereocenters. The van der Waals surface area contributed by atoms with Crippen LogP contribution in [0.1, 0.15) is 0 Å².